The summed E-state index contributed by atoms with van der Waals surface area (Å²) in [5.74, 6) is 1.22. The molecule has 1 aromatic rings. The van der Waals surface area contributed by atoms with Gasteiger partial charge in [0.2, 0.25) is 5.91 Å². The fraction of sp³-hybridized carbons (Fsp3) is 0.529. The van der Waals surface area contributed by atoms with Gasteiger partial charge in [-0.15, -0.1) is 0 Å². The van der Waals surface area contributed by atoms with Crippen molar-refractivity contribution in [2.75, 3.05) is 20.2 Å². The minimum Gasteiger partial charge on any atom is -0.496 e. The lowest BCUT2D eigenvalue weighted by Crippen LogP contribution is -2.45. The number of nitrogens with one attached hydrogen (secondary N) is 1. The number of amides is 1. The number of ether oxygens (including phenoxy) is 1. The number of methoxy groups -OCH3 is 1. The third kappa shape index (κ3) is 2.67. The lowest BCUT2D eigenvalue weighted by molar-refractivity contribution is -0.133. The first kappa shape index (κ1) is 14.9. The molecule has 2 aliphatic heterocycles. The maximum absolute atomic E-state index is 12.6. The van der Waals surface area contributed by atoms with Gasteiger partial charge in [-0.3, -0.25) is 4.79 Å². The van der Waals surface area contributed by atoms with Crippen LogP contribution in [-0.4, -0.2) is 43.1 Å². The van der Waals surface area contributed by atoms with Gasteiger partial charge in [-0.05, 0) is 30.9 Å². The zero-order valence-electron chi connectivity index (χ0n) is 12.8. The van der Waals surface area contributed by atoms with E-state index in [1.54, 1.807) is 12.0 Å². The molecule has 1 aromatic carbocycles. The Labute approximate surface area is 130 Å². The summed E-state index contributed by atoms with van der Waals surface area (Å²) in [5, 5.41) is 12.5. The Balaban J connectivity index is 1.70. The van der Waals surface area contributed by atoms with Crippen LogP contribution in [0.5, 0.6) is 5.75 Å². The van der Waals surface area contributed by atoms with Gasteiger partial charge in [-0.1, -0.05) is 18.2 Å². The normalized spacial score (nSPS) is 27.6. The first-order valence-corrected chi connectivity index (χ1v) is 7.81. The van der Waals surface area contributed by atoms with Gasteiger partial charge in [0.1, 0.15) is 11.8 Å². The van der Waals surface area contributed by atoms with Crippen molar-refractivity contribution >= 4 is 5.91 Å². The monoisotopic (exact) mass is 299 g/mol. The number of hydrogen-bond acceptors (Lipinski definition) is 4. The topological polar surface area (TPSA) is 65.4 Å². The lowest BCUT2D eigenvalue weighted by atomic mass is 9.95. The molecule has 0 aliphatic carbocycles. The second kappa shape index (κ2) is 6.37. The Hall–Kier alpha value is -2.06. The molecule has 3 atom stereocenters. The Morgan fingerprint density at radius 2 is 2.27 bits per heavy atom. The third-order valence-corrected chi connectivity index (χ3v) is 4.69. The third-order valence-electron chi connectivity index (χ3n) is 4.69. The van der Waals surface area contributed by atoms with E-state index in [0.717, 1.165) is 37.1 Å². The van der Waals surface area contributed by atoms with Crippen molar-refractivity contribution in [3.05, 3.63) is 29.8 Å². The molecule has 0 saturated carbocycles. The van der Waals surface area contributed by atoms with Crippen molar-refractivity contribution < 1.29 is 9.53 Å². The average molecular weight is 299 g/mol. The summed E-state index contributed by atoms with van der Waals surface area (Å²) in [7, 11) is 1.67. The van der Waals surface area contributed by atoms with Crippen LogP contribution in [0.2, 0.25) is 0 Å². The van der Waals surface area contributed by atoms with E-state index in [1.807, 2.05) is 18.2 Å². The Morgan fingerprint density at radius 1 is 1.45 bits per heavy atom. The molecule has 0 unspecified atom stereocenters. The summed E-state index contributed by atoms with van der Waals surface area (Å²) in [6.45, 7) is 1.47. The Bertz CT molecular complexity index is 596. The van der Waals surface area contributed by atoms with Crippen LogP contribution in [0.15, 0.2) is 24.3 Å². The quantitative estimate of drug-likeness (QED) is 0.922. The van der Waals surface area contributed by atoms with Crippen LogP contribution >= 0.6 is 0 Å². The molecule has 3 rings (SSSR count). The smallest absolute Gasteiger partial charge is 0.240 e. The number of hydrogen-bond donors (Lipinski definition) is 1. The van der Waals surface area contributed by atoms with E-state index in [2.05, 4.69) is 17.5 Å². The van der Waals surface area contributed by atoms with Crippen molar-refractivity contribution in [1.29, 1.82) is 5.26 Å². The van der Waals surface area contributed by atoms with Crippen LogP contribution in [0.25, 0.3) is 0 Å². The van der Waals surface area contributed by atoms with Gasteiger partial charge >= 0.3 is 0 Å². The molecular formula is C17H21N3O2. The van der Waals surface area contributed by atoms with E-state index in [1.165, 1.54) is 0 Å². The molecule has 116 valence electrons. The first-order valence-electron chi connectivity index (χ1n) is 7.81. The number of likely N-dealkylation sites (tertiary alicyclic amines) is 1. The van der Waals surface area contributed by atoms with Gasteiger partial charge in [0.05, 0.1) is 19.2 Å². The highest BCUT2D eigenvalue weighted by atomic mass is 16.5. The van der Waals surface area contributed by atoms with Crippen molar-refractivity contribution in [1.82, 2.24) is 10.2 Å². The number of nitriles is 1. The summed E-state index contributed by atoms with van der Waals surface area (Å²) in [6.07, 6.45) is 2.48. The van der Waals surface area contributed by atoms with E-state index in [4.69, 9.17) is 10.00 Å². The van der Waals surface area contributed by atoms with Crippen LogP contribution in [0, 0.1) is 11.3 Å². The highest BCUT2D eigenvalue weighted by Gasteiger charge is 2.37. The van der Waals surface area contributed by atoms with Gasteiger partial charge in [-0.25, -0.2) is 0 Å². The van der Waals surface area contributed by atoms with Crippen molar-refractivity contribution in [2.45, 2.75) is 37.3 Å². The molecule has 0 spiro atoms. The van der Waals surface area contributed by atoms with Crippen LogP contribution in [0.1, 0.15) is 30.7 Å². The summed E-state index contributed by atoms with van der Waals surface area (Å²) in [5.41, 5.74) is 1.14. The SMILES string of the molecule is COc1ccccc1[C@@H]1CN[C@H](C(=O)N2CCC[C@H]2C#N)C1. The molecule has 0 bridgehead atoms. The molecule has 5 heteroatoms. The molecule has 2 fully saturated rings. The molecular weight excluding hydrogens is 278 g/mol. The van der Waals surface area contributed by atoms with Crippen LogP contribution in [0.4, 0.5) is 0 Å². The molecule has 1 N–H and O–H groups in total. The molecule has 22 heavy (non-hydrogen) atoms. The zero-order valence-corrected chi connectivity index (χ0v) is 12.8. The van der Waals surface area contributed by atoms with Crippen LogP contribution < -0.4 is 10.1 Å². The molecule has 2 heterocycles. The van der Waals surface area contributed by atoms with Crippen molar-refractivity contribution in [3.8, 4) is 11.8 Å². The fourth-order valence-electron chi connectivity index (χ4n) is 3.53. The summed E-state index contributed by atoms with van der Waals surface area (Å²) in [6, 6.07) is 9.76. The van der Waals surface area contributed by atoms with Gasteiger partial charge in [0, 0.05) is 19.0 Å². The molecule has 5 nitrogen and oxygen atoms in total. The number of para-hydroxylation sites is 1. The minimum absolute atomic E-state index is 0.0708. The highest BCUT2D eigenvalue weighted by molar-refractivity contribution is 5.83. The van der Waals surface area contributed by atoms with Gasteiger partial charge in [0.25, 0.3) is 0 Å². The number of nitrogens with zero attached hydrogens (tertiary/aromatic N) is 2. The molecule has 1 amide bonds. The van der Waals surface area contributed by atoms with Crippen LogP contribution in [0.3, 0.4) is 0 Å². The van der Waals surface area contributed by atoms with Gasteiger partial charge < -0.3 is 15.0 Å². The van der Waals surface area contributed by atoms with Crippen molar-refractivity contribution in [3.63, 3.8) is 0 Å². The second-order valence-electron chi connectivity index (χ2n) is 5.95. The number of carbonyl (C=O) groups is 1. The number of benzene rings is 1. The van der Waals surface area contributed by atoms with E-state index in [9.17, 15) is 4.79 Å². The molecule has 0 radical (unpaired) electrons. The van der Waals surface area contributed by atoms with Gasteiger partial charge in [0.15, 0.2) is 0 Å². The summed E-state index contributed by atoms with van der Waals surface area (Å²) in [4.78, 5) is 14.4. The maximum atomic E-state index is 12.6. The fourth-order valence-corrected chi connectivity index (χ4v) is 3.53. The highest BCUT2D eigenvalue weighted by Crippen LogP contribution is 2.33. The Kier molecular flexibility index (Phi) is 4.30. The predicted molar refractivity (Wildman–Crippen MR) is 82.5 cm³/mol. The van der Waals surface area contributed by atoms with E-state index in [0.29, 0.717) is 6.54 Å². The second-order valence-corrected chi connectivity index (χ2v) is 5.95. The minimum atomic E-state index is -0.250. The van der Waals surface area contributed by atoms with E-state index >= 15 is 0 Å². The lowest BCUT2D eigenvalue weighted by Gasteiger charge is -2.23. The molecule has 2 saturated heterocycles. The Morgan fingerprint density at radius 3 is 3.05 bits per heavy atom. The number of carbonyl (C=O) groups excluding carboxylic acids is 1. The predicted octanol–water partition coefficient (Wildman–Crippen LogP) is 1.66. The van der Waals surface area contributed by atoms with Crippen molar-refractivity contribution in [2.24, 2.45) is 0 Å². The average Bonchev–Trinajstić information content (AvgIpc) is 3.23. The first-order chi connectivity index (χ1) is 10.7. The molecule has 0 aromatic heterocycles. The summed E-state index contributed by atoms with van der Waals surface area (Å²) < 4.78 is 5.42. The maximum Gasteiger partial charge on any atom is 0.240 e. The molecule has 2 aliphatic rings. The van der Waals surface area contributed by atoms with Gasteiger partial charge in [-0.2, -0.15) is 5.26 Å². The number of rotatable bonds is 3. The van der Waals surface area contributed by atoms with E-state index in [-0.39, 0.29) is 23.9 Å². The standard InChI is InChI=1S/C17H21N3O2/c1-22-16-7-3-2-6-14(16)12-9-15(19-11-12)17(21)20-8-4-5-13(20)10-18/h2-3,6-7,12-13,15,19H,4-5,8-9,11H2,1H3/t12-,13-,15-/m0/s1. The largest absolute Gasteiger partial charge is 0.496 e. The van der Waals surface area contributed by atoms with Crippen LogP contribution in [-0.2, 0) is 4.79 Å². The zero-order chi connectivity index (χ0) is 15.5. The van der Waals surface area contributed by atoms with E-state index < -0.39 is 0 Å². The summed E-state index contributed by atoms with van der Waals surface area (Å²) >= 11 is 0.